The second kappa shape index (κ2) is 3.87. The molecule has 0 aromatic carbocycles. The number of nitrogens with two attached hydrogens (primary N) is 1. The fourth-order valence-electron chi connectivity index (χ4n) is 1.91. The Labute approximate surface area is 85.1 Å². The molecule has 1 rings (SSSR count). The maximum Gasteiger partial charge on any atom is 0.242 e. The zero-order chi connectivity index (χ0) is 10.9. The maximum atomic E-state index is 11.9. The lowest BCUT2D eigenvalue weighted by atomic mass is 10.0. The quantitative estimate of drug-likeness (QED) is 0.657. The van der Waals surface area contributed by atoms with Crippen LogP contribution < -0.4 is 5.73 Å². The molecule has 0 spiro atoms. The second-order valence-electron chi connectivity index (χ2n) is 4.74. The molecule has 0 aromatic rings. The molecule has 1 aliphatic heterocycles. The Morgan fingerprint density at radius 1 is 1.64 bits per heavy atom. The topological polar surface area (TPSA) is 66.6 Å². The molecule has 4 nitrogen and oxygen atoms in total. The zero-order valence-corrected chi connectivity index (χ0v) is 9.16. The van der Waals surface area contributed by atoms with E-state index >= 15 is 0 Å². The fraction of sp³-hybridized carbons (Fsp3) is 0.900. The van der Waals surface area contributed by atoms with E-state index in [1.165, 1.54) is 0 Å². The van der Waals surface area contributed by atoms with Gasteiger partial charge in [-0.2, -0.15) is 0 Å². The molecule has 1 amide bonds. The van der Waals surface area contributed by atoms with Crippen LogP contribution in [0.3, 0.4) is 0 Å². The van der Waals surface area contributed by atoms with Crippen LogP contribution in [-0.2, 0) is 4.79 Å². The number of aliphatic hydroxyl groups is 1. The number of likely N-dealkylation sites (tertiary alicyclic amines) is 1. The first-order chi connectivity index (χ1) is 6.38. The molecule has 0 aliphatic carbocycles. The van der Waals surface area contributed by atoms with Crippen LogP contribution in [0.1, 0.15) is 27.2 Å². The Morgan fingerprint density at radius 2 is 2.21 bits per heavy atom. The Morgan fingerprint density at radius 3 is 2.64 bits per heavy atom. The average Bonchev–Trinajstić information content (AvgIpc) is 2.43. The number of rotatable bonds is 2. The third kappa shape index (κ3) is 2.07. The summed E-state index contributed by atoms with van der Waals surface area (Å²) in [5.74, 6) is 0.298. The van der Waals surface area contributed by atoms with Gasteiger partial charge in [0.05, 0.1) is 18.2 Å². The van der Waals surface area contributed by atoms with E-state index in [0.29, 0.717) is 12.5 Å². The van der Waals surface area contributed by atoms with Crippen LogP contribution in [-0.4, -0.2) is 40.6 Å². The molecule has 1 heterocycles. The molecule has 14 heavy (non-hydrogen) atoms. The standard InChI is InChI=1S/C10H20N2O2/c1-7-4-5-12(8(7)6-13)9(14)10(2,3)11/h7-8,13H,4-6,11H2,1-3H3. The van der Waals surface area contributed by atoms with Crippen LogP contribution >= 0.6 is 0 Å². The first kappa shape index (κ1) is 11.5. The third-order valence-corrected chi connectivity index (χ3v) is 2.88. The average molecular weight is 200 g/mol. The summed E-state index contributed by atoms with van der Waals surface area (Å²) < 4.78 is 0. The summed E-state index contributed by atoms with van der Waals surface area (Å²) in [5.41, 5.74) is 4.91. The molecule has 1 saturated heterocycles. The lowest BCUT2D eigenvalue weighted by Gasteiger charge is -2.31. The zero-order valence-electron chi connectivity index (χ0n) is 9.16. The molecule has 82 valence electrons. The van der Waals surface area contributed by atoms with Gasteiger partial charge in [0.15, 0.2) is 0 Å². The Kier molecular flexibility index (Phi) is 3.17. The van der Waals surface area contributed by atoms with Crippen molar-refractivity contribution in [3.63, 3.8) is 0 Å². The molecule has 2 unspecified atom stereocenters. The molecule has 0 saturated carbocycles. The molecule has 3 N–H and O–H groups in total. The lowest BCUT2D eigenvalue weighted by molar-refractivity contribution is -0.137. The van der Waals surface area contributed by atoms with Crippen molar-refractivity contribution in [1.29, 1.82) is 0 Å². The van der Waals surface area contributed by atoms with Gasteiger partial charge in [0.1, 0.15) is 0 Å². The number of hydrogen-bond acceptors (Lipinski definition) is 3. The van der Waals surface area contributed by atoms with Crippen LogP contribution in [0, 0.1) is 5.92 Å². The van der Waals surface area contributed by atoms with E-state index in [2.05, 4.69) is 6.92 Å². The van der Waals surface area contributed by atoms with Crippen molar-refractivity contribution in [1.82, 2.24) is 4.90 Å². The lowest BCUT2D eigenvalue weighted by Crippen LogP contribution is -2.53. The predicted molar refractivity (Wildman–Crippen MR) is 54.6 cm³/mol. The highest BCUT2D eigenvalue weighted by Crippen LogP contribution is 2.25. The summed E-state index contributed by atoms with van der Waals surface area (Å²) >= 11 is 0. The first-order valence-corrected chi connectivity index (χ1v) is 5.08. The van der Waals surface area contributed by atoms with Crippen molar-refractivity contribution in [2.45, 2.75) is 38.8 Å². The smallest absolute Gasteiger partial charge is 0.242 e. The van der Waals surface area contributed by atoms with Crippen LogP contribution in [0.15, 0.2) is 0 Å². The Balaban J connectivity index is 2.74. The van der Waals surface area contributed by atoms with E-state index in [-0.39, 0.29) is 18.6 Å². The van der Waals surface area contributed by atoms with E-state index in [0.717, 1.165) is 6.42 Å². The van der Waals surface area contributed by atoms with Gasteiger partial charge in [0.2, 0.25) is 5.91 Å². The van der Waals surface area contributed by atoms with E-state index in [1.54, 1.807) is 18.7 Å². The Hall–Kier alpha value is -0.610. The molecule has 0 bridgehead atoms. The van der Waals surface area contributed by atoms with Gasteiger partial charge in [0.25, 0.3) is 0 Å². The normalized spacial score (nSPS) is 28.2. The van der Waals surface area contributed by atoms with E-state index in [9.17, 15) is 9.90 Å². The third-order valence-electron chi connectivity index (χ3n) is 2.88. The van der Waals surface area contributed by atoms with E-state index < -0.39 is 5.54 Å². The molecule has 4 heteroatoms. The minimum atomic E-state index is -0.836. The molecular formula is C10H20N2O2. The minimum Gasteiger partial charge on any atom is -0.394 e. The number of carbonyl (C=O) groups is 1. The van der Waals surface area contributed by atoms with Gasteiger partial charge in [-0.05, 0) is 26.2 Å². The van der Waals surface area contributed by atoms with E-state index in [1.807, 2.05) is 0 Å². The van der Waals surface area contributed by atoms with Crippen molar-refractivity contribution in [2.75, 3.05) is 13.2 Å². The van der Waals surface area contributed by atoms with Gasteiger partial charge in [-0.25, -0.2) is 0 Å². The van der Waals surface area contributed by atoms with Crippen molar-refractivity contribution >= 4 is 5.91 Å². The SMILES string of the molecule is CC1CCN(C(=O)C(C)(C)N)C1CO. The highest BCUT2D eigenvalue weighted by Gasteiger charge is 2.38. The summed E-state index contributed by atoms with van der Waals surface area (Å²) in [7, 11) is 0. The highest BCUT2D eigenvalue weighted by molar-refractivity contribution is 5.85. The fourth-order valence-corrected chi connectivity index (χ4v) is 1.91. The summed E-state index contributed by atoms with van der Waals surface area (Å²) in [6.45, 7) is 6.20. The predicted octanol–water partition coefficient (Wildman–Crippen LogP) is -0.0470. The largest absolute Gasteiger partial charge is 0.394 e. The van der Waals surface area contributed by atoms with Gasteiger partial charge in [-0.3, -0.25) is 4.79 Å². The van der Waals surface area contributed by atoms with Crippen LogP contribution in [0.5, 0.6) is 0 Å². The minimum absolute atomic E-state index is 0.0307. The van der Waals surface area contributed by atoms with Crippen LogP contribution in [0.4, 0.5) is 0 Å². The van der Waals surface area contributed by atoms with E-state index in [4.69, 9.17) is 5.73 Å². The number of amides is 1. The van der Waals surface area contributed by atoms with Gasteiger partial charge >= 0.3 is 0 Å². The molecule has 0 radical (unpaired) electrons. The summed E-state index contributed by atoms with van der Waals surface area (Å²) in [5, 5.41) is 9.19. The monoisotopic (exact) mass is 200 g/mol. The number of carbonyl (C=O) groups excluding carboxylic acids is 1. The maximum absolute atomic E-state index is 11.9. The molecule has 1 fully saturated rings. The molecule has 0 aromatic heterocycles. The van der Waals surface area contributed by atoms with Gasteiger partial charge in [0, 0.05) is 6.54 Å². The van der Waals surface area contributed by atoms with Crippen molar-refractivity contribution < 1.29 is 9.90 Å². The second-order valence-corrected chi connectivity index (χ2v) is 4.74. The molecule has 2 atom stereocenters. The molecule has 1 aliphatic rings. The van der Waals surface area contributed by atoms with Crippen LogP contribution in [0.2, 0.25) is 0 Å². The molecular weight excluding hydrogens is 180 g/mol. The van der Waals surface area contributed by atoms with Gasteiger partial charge < -0.3 is 15.7 Å². The summed E-state index contributed by atoms with van der Waals surface area (Å²) in [6, 6.07) is -0.0506. The summed E-state index contributed by atoms with van der Waals surface area (Å²) in [6.07, 6.45) is 0.951. The van der Waals surface area contributed by atoms with Crippen LogP contribution in [0.25, 0.3) is 0 Å². The highest BCUT2D eigenvalue weighted by atomic mass is 16.3. The van der Waals surface area contributed by atoms with Gasteiger partial charge in [-0.15, -0.1) is 0 Å². The summed E-state index contributed by atoms with van der Waals surface area (Å²) in [4.78, 5) is 13.6. The number of nitrogens with zero attached hydrogens (tertiary/aromatic N) is 1. The Bertz CT molecular complexity index is 223. The number of aliphatic hydroxyl groups excluding tert-OH is 1. The number of hydrogen-bond donors (Lipinski definition) is 2. The first-order valence-electron chi connectivity index (χ1n) is 5.08. The van der Waals surface area contributed by atoms with Gasteiger partial charge in [-0.1, -0.05) is 6.92 Å². The van der Waals surface area contributed by atoms with Crippen molar-refractivity contribution in [2.24, 2.45) is 11.7 Å². The van der Waals surface area contributed by atoms with Crippen molar-refractivity contribution in [3.05, 3.63) is 0 Å². The van der Waals surface area contributed by atoms with Crippen molar-refractivity contribution in [3.8, 4) is 0 Å².